The van der Waals surface area contributed by atoms with Gasteiger partial charge < -0.3 is 10.1 Å². The number of rotatable bonds is 9. The Bertz CT molecular complexity index is 947. The summed E-state index contributed by atoms with van der Waals surface area (Å²) in [7, 11) is 0. The predicted molar refractivity (Wildman–Crippen MR) is 127 cm³/mol. The van der Waals surface area contributed by atoms with Crippen LogP contribution in [0.5, 0.6) is 5.75 Å². The molecule has 2 aromatic rings. The van der Waals surface area contributed by atoms with E-state index in [0.29, 0.717) is 35.6 Å². The number of anilines is 1. The molecule has 0 heterocycles. The van der Waals surface area contributed by atoms with Gasteiger partial charge in [0, 0.05) is 17.7 Å². The lowest BCUT2D eigenvalue weighted by molar-refractivity contribution is -0.116. The number of benzene rings is 2. The first-order chi connectivity index (χ1) is 15.4. The van der Waals surface area contributed by atoms with Crippen LogP contribution in [0.1, 0.15) is 60.2 Å². The molecular weight excluding hydrogens is 428 g/mol. The minimum atomic E-state index is -0.448. The summed E-state index contributed by atoms with van der Waals surface area (Å²) in [5, 5.41) is 5.21. The molecule has 0 fully saturated rings. The summed E-state index contributed by atoms with van der Waals surface area (Å²) in [5.41, 5.74) is 6.25. The van der Waals surface area contributed by atoms with Gasteiger partial charge in [0.2, 0.25) is 5.91 Å². The van der Waals surface area contributed by atoms with Crippen LogP contribution in [-0.4, -0.2) is 29.4 Å². The number of thiocarbonyl (C=S) groups is 1. The number of hydrazine groups is 1. The predicted octanol–water partition coefficient (Wildman–Crippen LogP) is 3.55. The van der Waals surface area contributed by atoms with E-state index in [4.69, 9.17) is 17.0 Å². The number of unbranched alkanes of at least 4 members (excludes halogenated alkanes) is 1. The van der Waals surface area contributed by atoms with Crippen LogP contribution in [0.15, 0.2) is 48.5 Å². The molecule has 0 radical (unpaired) electrons. The van der Waals surface area contributed by atoms with E-state index in [1.807, 2.05) is 6.92 Å². The highest BCUT2D eigenvalue weighted by molar-refractivity contribution is 7.80. The average Bonchev–Trinajstić information content (AvgIpc) is 2.78. The molecule has 0 aliphatic rings. The van der Waals surface area contributed by atoms with Crippen LogP contribution in [0.2, 0.25) is 0 Å². The second kappa shape index (κ2) is 13.1. The van der Waals surface area contributed by atoms with Crippen molar-refractivity contribution in [2.45, 2.75) is 39.5 Å². The molecule has 0 saturated carbocycles. The molecule has 0 aliphatic carbocycles. The van der Waals surface area contributed by atoms with Gasteiger partial charge in [0.05, 0.1) is 12.2 Å². The summed E-state index contributed by atoms with van der Waals surface area (Å²) in [6.45, 7) is 4.49. The molecule has 0 unspecified atom stereocenters. The summed E-state index contributed by atoms with van der Waals surface area (Å²) in [6.07, 6.45) is 3.06. The van der Waals surface area contributed by atoms with Gasteiger partial charge in [-0.3, -0.25) is 30.6 Å². The number of ether oxygens (including phenoxy) is 1. The largest absolute Gasteiger partial charge is 0.493 e. The van der Waals surface area contributed by atoms with E-state index in [1.54, 1.807) is 48.5 Å². The normalized spacial score (nSPS) is 10.1. The van der Waals surface area contributed by atoms with Gasteiger partial charge in [-0.2, -0.15) is 0 Å². The third kappa shape index (κ3) is 7.99. The Morgan fingerprint density at radius 1 is 0.906 bits per heavy atom. The molecule has 0 saturated heterocycles. The van der Waals surface area contributed by atoms with Gasteiger partial charge in [-0.05, 0) is 61.5 Å². The first kappa shape index (κ1) is 24.8. The number of carbonyl (C=O) groups excluding carboxylic acids is 3. The molecule has 2 aromatic carbocycles. The van der Waals surface area contributed by atoms with E-state index < -0.39 is 11.8 Å². The van der Waals surface area contributed by atoms with Crippen molar-refractivity contribution in [1.29, 1.82) is 0 Å². The van der Waals surface area contributed by atoms with Crippen LogP contribution in [0.3, 0.4) is 0 Å². The van der Waals surface area contributed by atoms with Crippen molar-refractivity contribution in [2.24, 2.45) is 0 Å². The number of hydrogen-bond acceptors (Lipinski definition) is 5. The standard InChI is InChI=1S/C23H28N4O4S/c1-3-5-15-31-19-10-7-6-9-18(19)22(30)25-23(32)27-26-21(29)16-11-13-17(14-12-16)24-20(28)8-4-2/h6-7,9-14H,3-5,8,15H2,1-2H3,(H,24,28)(H,26,29)(H2,25,27,30,32). The molecule has 0 aliphatic heterocycles. The van der Waals surface area contributed by atoms with Crippen molar-refractivity contribution in [1.82, 2.24) is 16.2 Å². The van der Waals surface area contributed by atoms with Gasteiger partial charge in [-0.25, -0.2) is 0 Å². The molecular formula is C23H28N4O4S. The van der Waals surface area contributed by atoms with Gasteiger partial charge in [0.1, 0.15) is 5.75 Å². The molecule has 8 nitrogen and oxygen atoms in total. The Morgan fingerprint density at radius 3 is 2.31 bits per heavy atom. The highest BCUT2D eigenvalue weighted by Crippen LogP contribution is 2.18. The maximum absolute atomic E-state index is 12.5. The Balaban J connectivity index is 1.85. The van der Waals surface area contributed by atoms with Gasteiger partial charge >= 0.3 is 0 Å². The molecule has 4 N–H and O–H groups in total. The minimum Gasteiger partial charge on any atom is -0.493 e. The van der Waals surface area contributed by atoms with Gasteiger partial charge in [0.25, 0.3) is 11.8 Å². The SMILES string of the molecule is CCCCOc1ccccc1C(=O)NC(=S)NNC(=O)c1ccc(NC(=O)CCC)cc1. The number of hydrogen-bond donors (Lipinski definition) is 4. The number of carbonyl (C=O) groups is 3. The Hall–Kier alpha value is -3.46. The second-order valence-corrected chi connectivity index (χ2v) is 7.34. The third-order valence-electron chi connectivity index (χ3n) is 4.31. The van der Waals surface area contributed by atoms with Crippen molar-refractivity contribution in [3.8, 4) is 5.75 Å². The molecule has 0 aromatic heterocycles. The topological polar surface area (TPSA) is 109 Å². The summed E-state index contributed by atoms with van der Waals surface area (Å²) in [6, 6.07) is 13.3. The Morgan fingerprint density at radius 2 is 1.62 bits per heavy atom. The molecule has 32 heavy (non-hydrogen) atoms. The van der Waals surface area contributed by atoms with Crippen LogP contribution in [0.25, 0.3) is 0 Å². The summed E-state index contributed by atoms with van der Waals surface area (Å²) in [5.74, 6) is -0.506. The second-order valence-electron chi connectivity index (χ2n) is 6.94. The molecule has 0 spiro atoms. The Labute approximate surface area is 193 Å². The third-order valence-corrected chi connectivity index (χ3v) is 4.52. The first-order valence-corrected chi connectivity index (χ1v) is 10.9. The zero-order valence-electron chi connectivity index (χ0n) is 18.2. The van der Waals surface area contributed by atoms with Crippen LogP contribution < -0.4 is 26.2 Å². The first-order valence-electron chi connectivity index (χ1n) is 10.5. The highest BCUT2D eigenvalue weighted by atomic mass is 32.1. The van der Waals surface area contributed by atoms with Crippen LogP contribution in [0.4, 0.5) is 5.69 Å². The molecule has 170 valence electrons. The zero-order valence-corrected chi connectivity index (χ0v) is 19.0. The molecule has 0 atom stereocenters. The van der Waals surface area contributed by atoms with Gasteiger partial charge in [-0.15, -0.1) is 0 Å². The molecule has 2 rings (SSSR count). The monoisotopic (exact) mass is 456 g/mol. The minimum absolute atomic E-state index is 0.0600. The molecule has 3 amide bonds. The van der Waals surface area contributed by atoms with Crippen molar-refractivity contribution in [3.63, 3.8) is 0 Å². The van der Waals surface area contributed by atoms with Crippen LogP contribution in [-0.2, 0) is 4.79 Å². The van der Waals surface area contributed by atoms with E-state index in [0.717, 1.165) is 19.3 Å². The quantitative estimate of drug-likeness (QED) is 0.261. The fraction of sp³-hybridized carbons (Fsp3) is 0.304. The van der Waals surface area contributed by atoms with Crippen molar-refractivity contribution < 1.29 is 19.1 Å². The van der Waals surface area contributed by atoms with E-state index in [2.05, 4.69) is 28.4 Å². The number of nitrogens with one attached hydrogen (secondary N) is 4. The maximum atomic E-state index is 12.5. The van der Waals surface area contributed by atoms with E-state index in [-0.39, 0.29) is 11.0 Å². The number of amides is 3. The number of para-hydroxylation sites is 1. The van der Waals surface area contributed by atoms with E-state index in [1.165, 1.54) is 0 Å². The smallest absolute Gasteiger partial charge is 0.269 e. The van der Waals surface area contributed by atoms with Crippen molar-refractivity contribution in [3.05, 3.63) is 59.7 Å². The molecule has 0 bridgehead atoms. The fourth-order valence-electron chi connectivity index (χ4n) is 2.65. The fourth-order valence-corrected chi connectivity index (χ4v) is 2.79. The van der Waals surface area contributed by atoms with Gasteiger partial charge in [0.15, 0.2) is 5.11 Å². The van der Waals surface area contributed by atoms with Crippen molar-refractivity contribution >= 4 is 40.7 Å². The van der Waals surface area contributed by atoms with Gasteiger partial charge in [-0.1, -0.05) is 32.4 Å². The highest BCUT2D eigenvalue weighted by Gasteiger charge is 2.14. The van der Waals surface area contributed by atoms with Crippen molar-refractivity contribution in [2.75, 3.05) is 11.9 Å². The average molecular weight is 457 g/mol. The lowest BCUT2D eigenvalue weighted by Gasteiger charge is -2.13. The summed E-state index contributed by atoms with van der Waals surface area (Å²) in [4.78, 5) is 36.4. The Kier molecular flexibility index (Phi) is 10.1. The van der Waals surface area contributed by atoms with Crippen LogP contribution in [0, 0.1) is 0 Å². The van der Waals surface area contributed by atoms with E-state index in [9.17, 15) is 14.4 Å². The van der Waals surface area contributed by atoms with E-state index >= 15 is 0 Å². The zero-order chi connectivity index (χ0) is 23.3. The lowest BCUT2D eigenvalue weighted by Crippen LogP contribution is -2.48. The summed E-state index contributed by atoms with van der Waals surface area (Å²) >= 11 is 5.10. The summed E-state index contributed by atoms with van der Waals surface area (Å²) < 4.78 is 5.66. The van der Waals surface area contributed by atoms with Crippen LogP contribution >= 0.6 is 12.2 Å². The maximum Gasteiger partial charge on any atom is 0.269 e. The molecule has 9 heteroatoms. The lowest BCUT2D eigenvalue weighted by atomic mass is 10.2.